The second-order valence-electron chi connectivity index (χ2n) is 5.25. The Labute approximate surface area is 131 Å². The predicted molar refractivity (Wildman–Crippen MR) is 75.4 cm³/mol. The molecular formula is C16H15FNO5-. The van der Waals surface area contributed by atoms with E-state index in [0.717, 1.165) is 0 Å². The summed E-state index contributed by atoms with van der Waals surface area (Å²) >= 11 is 0. The van der Waals surface area contributed by atoms with Crippen molar-refractivity contribution in [2.45, 2.75) is 25.8 Å². The van der Waals surface area contributed by atoms with Crippen LogP contribution in [-0.4, -0.2) is 34.2 Å². The van der Waals surface area contributed by atoms with Crippen LogP contribution in [0.1, 0.15) is 31.4 Å². The Morgan fingerprint density at radius 2 is 1.91 bits per heavy atom. The number of carboxylic acid groups (broad SMARTS) is 1. The summed E-state index contributed by atoms with van der Waals surface area (Å²) < 4.78 is 13.1. The second-order valence-corrected chi connectivity index (χ2v) is 5.25. The van der Waals surface area contributed by atoms with Gasteiger partial charge in [-0.2, -0.15) is 0 Å². The van der Waals surface area contributed by atoms with E-state index >= 15 is 0 Å². The number of Topliss-reactive ketones (excluding diaryl/α,β-unsaturated/α-hetero) is 1. The molecule has 1 aliphatic heterocycles. The first-order chi connectivity index (χ1) is 10.8. The molecule has 1 heterocycles. The maximum absolute atomic E-state index is 13.1. The normalized spacial score (nSPS) is 17.7. The molecule has 0 saturated carbocycles. The number of carbonyl (C=O) groups excluding carboxylic acids is 3. The Morgan fingerprint density at radius 3 is 2.43 bits per heavy atom. The van der Waals surface area contributed by atoms with Gasteiger partial charge < -0.3 is 19.9 Å². The Bertz CT molecular complexity index is 680. The zero-order valence-electron chi connectivity index (χ0n) is 12.4. The maximum Gasteiger partial charge on any atom is 0.290 e. The van der Waals surface area contributed by atoms with Crippen molar-refractivity contribution in [3.05, 3.63) is 47.0 Å². The van der Waals surface area contributed by atoms with E-state index in [2.05, 4.69) is 0 Å². The van der Waals surface area contributed by atoms with Gasteiger partial charge in [0, 0.05) is 12.5 Å². The van der Waals surface area contributed by atoms with Gasteiger partial charge in [0.25, 0.3) is 5.91 Å². The van der Waals surface area contributed by atoms with Crippen molar-refractivity contribution in [2.24, 2.45) is 0 Å². The summed E-state index contributed by atoms with van der Waals surface area (Å²) in [4.78, 5) is 35.7. The maximum atomic E-state index is 13.1. The fourth-order valence-corrected chi connectivity index (χ4v) is 2.63. The minimum absolute atomic E-state index is 0.0235. The Kier molecular flexibility index (Phi) is 4.78. The van der Waals surface area contributed by atoms with Gasteiger partial charge in [0.2, 0.25) is 0 Å². The number of nitrogens with zero attached hydrogens (tertiary/aromatic N) is 1. The average Bonchev–Trinajstić information content (AvgIpc) is 2.72. The number of aliphatic hydroxyl groups excluding tert-OH is 1. The standard InChI is InChI=1S/C16H16FNO5/c1-9(19)13-14(10-4-6-11(17)7-5-10)18(16(23)15(13)22)8-2-3-12(20)21/h4-7,14,22H,2-3,8H2,1H3,(H,20,21)/p-1/t14-/m1/s1. The van der Waals surface area contributed by atoms with Crippen LogP contribution in [0.4, 0.5) is 4.39 Å². The molecule has 0 radical (unpaired) electrons. The smallest absolute Gasteiger partial charge is 0.290 e. The van der Waals surface area contributed by atoms with Crippen molar-refractivity contribution in [3.8, 4) is 0 Å². The number of aliphatic hydroxyl groups is 1. The van der Waals surface area contributed by atoms with Gasteiger partial charge in [0.05, 0.1) is 11.6 Å². The first-order valence-corrected chi connectivity index (χ1v) is 7.03. The summed E-state index contributed by atoms with van der Waals surface area (Å²) in [5.41, 5.74) is 0.387. The lowest BCUT2D eigenvalue weighted by Gasteiger charge is -2.26. The molecular weight excluding hydrogens is 305 g/mol. The van der Waals surface area contributed by atoms with Crippen molar-refractivity contribution in [2.75, 3.05) is 6.54 Å². The zero-order chi connectivity index (χ0) is 17.1. The molecule has 0 aromatic heterocycles. The van der Waals surface area contributed by atoms with Crippen molar-refractivity contribution in [1.82, 2.24) is 4.90 Å². The highest BCUT2D eigenvalue weighted by atomic mass is 19.1. The molecule has 1 aromatic rings. The third kappa shape index (κ3) is 3.39. The number of carbonyl (C=O) groups is 3. The van der Waals surface area contributed by atoms with Gasteiger partial charge in [-0.15, -0.1) is 0 Å². The number of ketones is 1. The van der Waals surface area contributed by atoms with Crippen LogP contribution in [-0.2, 0) is 14.4 Å². The molecule has 1 aromatic carbocycles. The van der Waals surface area contributed by atoms with Crippen LogP contribution in [0.5, 0.6) is 0 Å². The van der Waals surface area contributed by atoms with Crippen LogP contribution < -0.4 is 5.11 Å². The predicted octanol–water partition coefficient (Wildman–Crippen LogP) is 0.640. The van der Waals surface area contributed by atoms with Gasteiger partial charge >= 0.3 is 0 Å². The number of hydrogen-bond donors (Lipinski definition) is 1. The summed E-state index contributed by atoms with van der Waals surface area (Å²) in [5, 5.41) is 20.5. The molecule has 122 valence electrons. The van der Waals surface area contributed by atoms with Crippen LogP contribution in [0.25, 0.3) is 0 Å². The Balaban J connectivity index is 2.36. The molecule has 1 N–H and O–H groups in total. The number of halogens is 1. The number of benzene rings is 1. The fourth-order valence-electron chi connectivity index (χ4n) is 2.63. The van der Waals surface area contributed by atoms with Crippen LogP contribution in [0.15, 0.2) is 35.6 Å². The van der Waals surface area contributed by atoms with E-state index in [-0.39, 0.29) is 25.0 Å². The summed E-state index contributed by atoms with van der Waals surface area (Å²) in [7, 11) is 0. The number of hydrogen-bond acceptors (Lipinski definition) is 5. The van der Waals surface area contributed by atoms with Gasteiger partial charge in [-0.05, 0) is 37.5 Å². The lowest BCUT2D eigenvalue weighted by Crippen LogP contribution is -2.33. The first kappa shape index (κ1) is 16.7. The van der Waals surface area contributed by atoms with E-state index in [9.17, 15) is 29.0 Å². The van der Waals surface area contributed by atoms with Crippen molar-refractivity contribution in [1.29, 1.82) is 0 Å². The van der Waals surface area contributed by atoms with Crippen LogP contribution >= 0.6 is 0 Å². The van der Waals surface area contributed by atoms with E-state index in [1.54, 1.807) is 0 Å². The highest BCUT2D eigenvalue weighted by molar-refractivity contribution is 6.08. The monoisotopic (exact) mass is 320 g/mol. The molecule has 1 amide bonds. The third-order valence-corrected chi connectivity index (χ3v) is 3.65. The molecule has 1 aliphatic rings. The molecule has 0 unspecified atom stereocenters. The van der Waals surface area contributed by atoms with E-state index in [1.165, 1.54) is 36.1 Å². The van der Waals surface area contributed by atoms with Crippen molar-refractivity contribution >= 4 is 17.7 Å². The van der Waals surface area contributed by atoms with Gasteiger partial charge in [-0.3, -0.25) is 9.59 Å². The molecule has 7 heteroatoms. The van der Waals surface area contributed by atoms with E-state index in [1.807, 2.05) is 0 Å². The fraction of sp³-hybridized carbons (Fsp3) is 0.312. The van der Waals surface area contributed by atoms with Crippen LogP contribution in [0.2, 0.25) is 0 Å². The molecule has 0 fully saturated rings. The average molecular weight is 320 g/mol. The molecule has 2 rings (SSSR count). The molecule has 0 bridgehead atoms. The molecule has 0 spiro atoms. The van der Waals surface area contributed by atoms with Gasteiger partial charge in [-0.1, -0.05) is 12.1 Å². The lowest BCUT2D eigenvalue weighted by atomic mass is 9.96. The molecule has 0 aliphatic carbocycles. The van der Waals surface area contributed by atoms with Gasteiger partial charge in [0.1, 0.15) is 5.82 Å². The summed E-state index contributed by atoms with van der Waals surface area (Å²) in [5.74, 6) is -3.60. The van der Waals surface area contributed by atoms with Gasteiger partial charge in [-0.25, -0.2) is 4.39 Å². The lowest BCUT2D eigenvalue weighted by molar-refractivity contribution is -0.305. The number of carboxylic acids is 1. The minimum Gasteiger partial charge on any atom is -0.550 e. The minimum atomic E-state index is -1.25. The Morgan fingerprint density at radius 1 is 1.30 bits per heavy atom. The summed E-state index contributed by atoms with van der Waals surface area (Å²) in [6, 6.07) is 4.35. The summed E-state index contributed by atoms with van der Waals surface area (Å²) in [6.45, 7) is 1.25. The van der Waals surface area contributed by atoms with Crippen LogP contribution in [0, 0.1) is 5.82 Å². The number of rotatable bonds is 6. The highest BCUT2D eigenvalue weighted by Crippen LogP contribution is 2.37. The molecule has 6 nitrogen and oxygen atoms in total. The van der Waals surface area contributed by atoms with Crippen LogP contribution in [0.3, 0.4) is 0 Å². The quantitative estimate of drug-likeness (QED) is 0.829. The second kappa shape index (κ2) is 6.60. The number of aliphatic carboxylic acids is 1. The summed E-state index contributed by atoms with van der Waals surface area (Å²) in [6.07, 6.45) is -0.139. The molecule has 0 saturated heterocycles. The van der Waals surface area contributed by atoms with E-state index in [4.69, 9.17) is 0 Å². The third-order valence-electron chi connectivity index (χ3n) is 3.65. The molecule has 1 atom stereocenters. The van der Waals surface area contributed by atoms with Crippen molar-refractivity contribution < 1.29 is 29.0 Å². The topological polar surface area (TPSA) is 97.7 Å². The van der Waals surface area contributed by atoms with Crippen molar-refractivity contribution in [3.63, 3.8) is 0 Å². The number of amides is 1. The van der Waals surface area contributed by atoms with E-state index in [0.29, 0.717) is 5.56 Å². The SMILES string of the molecule is CC(=O)C1=C(O)C(=O)N(CCCC(=O)[O-])[C@@H]1c1ccc(F)cc1. The van der Waals surface area contributed by atoms with E-state index < -0.39 is 35.3 Å². The van der Waals surface area contributed by atoms with Gasteiger partial charge in [0.15, 0.2) is 11.5 Å². The largest absolute Gasteiger partial charge is 0.550 e. The Hall–Kier alpha value is -2.70. The zero-order valence-corrected chi connectivity index (χ0v) is 12.4. The highest BCUT2D eigenvalue weighted by Gasteiger charge is 2.41. The first-order valence-electron chi connectivity index (χ1n) is 7.03. The molecule has 23 heavy (non-hydrogen) atoms.